The van der Waals surface area contributed by atoms with E-state index >= 15 is 0 Å². The van der Waals surface area contributed by atoms with Gasteiger partial charge in [-0.2, -0.15) is 0 Å². The Morgan fingerprint density at radius 3 is 2.56 bits per heavy atom. The van der Waals surface area contributed by atoms with Gasteiger partial charge < -0.3 is 5.32 Å². The molecule has 1 aliphatic rings. The molecule has 0 radical (unpaired) electrons. The molecular weight excluding hydrogens is 202 g/mol. The largest absolute Gasteiger partial charge is 0.359 e. The molecule has 3 atom stereocenters. The SMILES string of the molecule is C=CC(=O)C1CCCCC1C(C)C(=O)NC. The molecule has 0 aromatic rings. The van der Waals surface area contributed by atoms with Crippen LogP contribution >= 0.6 is 0 Å². The van der Waals surface area contributed by atoms with E-state index in [1.54, 1.807) is 7.05 Å². The molecular formula is C13H21NO2. The van der Waals surface area contributed by atoms with Crippen molar-refractivity contribution in [3.05, 3.63) is 12.7 Å². The van der Waals surface area contributed by atoms with Crippen LogP contribution in [-0.4, -0.2) is 18.7 Å². The van der Waals surface area contributed by atoms with Gasteiger partial charge in [-0.15, -0.1) is 0 Å². The average molecular weight is 223 g/mol. The Labute approximate surface area is 97.3 Å². The van der Waals surface area contributed by atoms with Crippen LogP contribution in [0.4, 0.5) is 0 Å². The Balaban J connectivity index is 2.77. The van der Waals surface area contributed by atoms with E-state index in [4.69, 9.17) is 0 Å². The lowest BCUT2D eigenvalue weighted by atomic mass is 9.71. The first kappa shape index (κ1) is 12.9. The number of ketones is 1. The Morgan fingerprint density at radius 2 is 2.00 bits per heavy atom. The van der Waals surface area contributed by atoms with Crippen molar-refractivity contribution in [1.82, 2.24) is 5.32 Å². The zero-order valence-corrected chi connectivity index (χ0v) is 10.2. The van der Waals surface area contributed by atoms with E-state index in [9.17, 15) is 9.59 Å². The van der Waals surface area contributed by atoms with Gasteiger partial charge in [0.2, 0.25) is 5.91 Å². The predicted octanol–water partition coefficient (Wildman–Crippen LogP) is 1.93. The summed E-state index contributed by atoms with van der Waals surface area (Å²) >= 11 is 0. The second-order valence-corrected chi connectivity index (χ2v) is 4.56. The molecule has 0 aliphatic heterocycles. The molecule has 3 unspecified atom stereocenters. The number of hydrogen-bond acceptors (Lipinski definition) is 2. The third kappa shape index (κ3) is 2.71. The van der Waals surface area contributed by atoms with Crippen molar-refractivity contribution in [3.8, 4) is 0 Å². The van der Waals surface area contributed by atoms with Gasteiger partial charge in [0.15, 0.2) is 5.78 Å². The standard InChI is InChI=1S/C13H21NO2/c1-4-12(15)11-8-6-5-7-10(11)9(2)13(16)14-3/h4,9-11H,1,5-8H2,2-3H3,(H,14,16). The average Bonchev–Trinajstić information content (AvgIpc) is 2.35. The molecule has 0 aromatic heterocycles. The van der Waals surface area contributed by atoms with Crippen LogP contribution in [0.15, 0.2) is 12.7 Å². The van der Waals surface area contributed by atoms with E-state index in [0.717, 1.165) is 25.7 Å². The molecule has 0 spiro atoms. The highest BCUT2D eigenvalue weighted by Gasteiger charge is 2.35. The summed E-state index contributed by atoms with van der Waals surface area (Å²) in [6.07, 6.45) is 5.48. The number of rotatable bonds is 4. The van der Waals surface area contributed by atoms with E-state index in [0.29, 0.717) is 0 Å². The van der Waals surface area contributed by atoms with Gasteiger partial charge in [-0.05, 0) is 24.8 Å². The van der Waals surface area contributed by atoms with Crippen LogP contribution in [0, 0.1) is 17.8 Å². The first-order valence-electron chi connectivity index (χ1n) is 5.99. The first-order chi connectivity index (χ1) is 7.61. The number of hydrogen-bond donors (Lipinski definition) is 1. The maximum Gasteiger partial charge on any atom is 0.222 e. The molecule has 90 valence electrons. The third-order valence-corrected chi connectivity index (χ3v) is 3.69. The zero-order valence-electron chi connectivity index (χ0n) is 10.2. The van der Waals surface area contributed by atoms with Gasteiger partial charge in [0.25, 0.3) is 0 Å². The quantitative estimate of drug-likeness (QED) is 0.740. The van der Waals surface area contributed by atoms with Gasteiger partial charge in [-0.1, -0.05) is 26.3 Å². The summed E-state index contributed by atoms with van der Waals surface area (Å²) in [5.41, 5.74) is 0. The molecule has 1 amide bonds. The van der Waals surface area contributed by atoms with Crippen LogP contribution < -0.4 is 5.32 Å². The minimum absolute atomic E-state index is 0.00134. The summed E-state index contributed by atoms with van der Waals surface area (Å²) in [6.45, 7) is 5.46. The van der Waals surface area contributed by atoms with E-state index in [1.807, 2.05) is 6.92 Å². The van der Waals surface area contributed by atoms with E-state index in [-0.39, 0.29) is 29.4 Å². The van der Waals surface area contributed by atoms with Crippen molar-refractivity contribution in [2.24, 2.45) is 17.8 Å². The number of nitrogens with one attached hydrogen (secondary N) is 1. The summed E-state index contributed by atoms with van der Waals surface area (Å²) in [5, 5.41) is 2.66. The Hall–Kier alpha value is -1.12. The van der Waals surface area contributed by atoms with Crippen molar-refractivity contribution >= 4 is 11.7 Å². The summed E-state index contributed by atoms with van der Waals surface area (Å²) in [6, 6.07) is 0. The summed E-state index contributed by atoms with van der Waals surface area (Å²) < 4.78 is 0. The van der Waals surface area contributed by atoms with Crippen molar-refractivity contribution < 1.29 is 9.59 Å². The zero-order chi connectivity index (χ0) is 12.1. The van der Waals surface area contributed by atoms with E-state index in [1.165, 1.54) is 6.08 Å². The number of carbonyl (C=O) groups excluding carboxylic acids is 2. The molecule has 0 aromatic carbocycles. The lowest BCUT2D eigenvalue weighted by Gasteiger charge is -2.33. The molecule has 1 fully saturated rings. The molecule has 1 N–H and O–H groups in total. The molecule has 1 rings (SSSR count). The van der Waals surface area contributed by atoms with Gasteiger partial charge in [0.05, 0.1) is 0 Å². The van der Waals surface area contributed by atoms with E-state index < -0.39 is 0 Å². The van der Waals surface area contributed by atoms with Gasteiger partial charge >= 0.3 is 0 Å². The number of allylic oxidation sites excluding steroid dienone is 1. The van der Waals surface area contributed by atoms with Gasteiger partial charge in [-0.3, -0.25) is 9.59 Å². The highest BCUT2D eigenvalue weighted by molar-refractivity contribution is 5.92. The summed E-state index contributed by atoms with van der Waals surface area (Å²) in [7, 11) is 1.64. The van der Waals surface area contributed by atoms with Crippen molar-refractivity contribution in [3.63, 3.8) is 0 Å². The summed E-state index contributed by atoms with van der Waals surface area (Å²) in [4.78, 5) is 23.4. The first-order valence-corrected chi connectivity index (χ1v) is 5.99. The highest BCUT2D eigenvalue weighted by atomic mass is 16.2. The van der Waals surface area contributed by atoms with Crippen LogP contribution in [0.2, 0.25) is 0 Å². The van der Waals surface area contributed by atoms with E-state index in [2.05, 4.69) is 11.9 Å². The Morgan fingerprint density at radius 1 is 1.38 bits per heavy atom. The fourth-order valence-electron chi connectivity index (χ4n) is 2.68. The fourth-order valence-corrected chi connectivity index (χ4v) is 2.68. The number of amides is 1. The predicted molar refractivity (Wildman–Crippen MR) is 63.9 cm³/mol. The Bertz CT molecular complexity index is 286. The molecule has 0 heterocycles. The van der Waals surface area contributed by atoms with Crippen molar-refractivity contribution in [1.29, 1.82) is 0 Å². The van der Waals surface area contributed by atoms with Crippen LogP contribution in [0.25, 0.3) is 0 Å². The molecule has 3 heteroatoms. The molecule has 0 bridgehead atoms. The van der Waals surface area contributed by atoms with Gasteiger partial charge in [0, 0.05) is 18.9 Å². The van der Waals surface area contributed by atoms with Crippen LogP contribution in [0.1, 0.15) is 32.6 Å². The minimum atomic E-state index is -0.0841. The van der Waals surface area contributed by atoms with Crippen molar-refractivity contribution in [2.75, 3.05) is 7.05 Å². The normalized spacial score (nSPS) is 26.9. The maximum absolute atomic E-state index is 11.7. The minimum Gasteiger partial charge on any atom is -0.359 e. The van der Waals surface area contributed by atoms with Crippen molar-refractivity contribution in [2.45, 2.75) is 32.6 Å². The summed E-state index contributed by atoms with van der Waals surface area (Å²) in [5.74, 6) is 0.228. The Kier molecular flexibility index (Phi) is 4.71. The molecule has 1 saturated carbocycles. The van der Waals surface area contributed by atoms with Crippen LogP contribution in [0.3, 0.4) is 0 Å². The van der Waals surface area contributed by atoms with Crippen LogP contribution in [-0.2, 0) is 9.59 Å². The lowest BCUT2D eigenvalue weighted by Crippen LogP contribution is -2.38. The topological polar surface area (TPSA) is 46.2 Å². The second-order valence-electron chi connectivity index (χ2n) is 4.56. The maximum atomic E-state index is 11.7. The molecule has 3 nitrogen and oxygen atoms in total. The smallest absolute Gasteiger partial charge is 0.222 e. The van der Waals surface area contributed by atoms with Gasteiger partial charge in [-0.25, -0.2) is 0 Å². The molecule has 1 aliphatic carbocycles. The molecule has 16 heavy (non-hydrogen) atoms. The highest BCUT2D eigenvalue weighted by Crippen LogP contribution is 2.36. The van der Waals surface area contributed by atoms with Gasteiger partial charge in [0.1, 0.15) is 0 Å². The third-order valence-electron chi connectivity index (χ3n) is 3.69. The fraction of sp³-hybridized carbons (Fsp3) is 0.692. The molecule has 0 saturated heterocycles. The number of carbonyl (C=O) groups is 2. The monoisotopic (exact) mass is 223 g/mol. The van der Waals surface area contributed by atoms with Crippen LogP contribution in [0.5, 0.6) is 0 Å². The second kappa shape index (κ2) is 5.83. The lowest BCUT2D eigenvalue weighted by molar-refractivity contribution is -0.129.